The van der Waals surface area contributed by atoms with Crippen molar-refractivity contribution in [2.45, 2.75) is 13.1 Å². The molecule has 162 valence electrons. The molecule has 5 aromatic rings. The molecule has 3 heterocycles. The molecule has 0 atom stereocenters. The van der Waals surface area contributed by atoms with Crippen LogP contribution in [0.1, 0.15) is 21.5 Å². The van der Waals surface area contributed by atoms with Crippen LogP contribution in [-0.2, 0) is 13.1 Å². The average molecular weight is 435 g/mol. The first-order valence-electron chi connectivity index (χ1n) is 10.6. The van der Waals surface area contributed by atoms with Crippen LogP contribution in [-0.4, -0.2) is 25.4 Å². The molecule has 0 saturated carbocycles. The molecule has 0 spiro atoms. The molecule has 0 bridgehead atoms. The number of nitrogens with zero attached hydrogens (tertiary/aromatic N) is 4. The molecule has 0 aliphatic heterocycles. The summed E-state index contributed by atoms with van der Waals surface area (Å²) in [6.07, 6.45) is 8.81. The van der Waals surface area contributed by atoms with Gasteiger partial charge in [0.05, 0.1) is 11.0 Å². The zero-order valence-corrected chi connectivity index (χ0v) is 17.8. The Kier molecular flexibility index (Phi) is 5.75. The summed E-state index contributed by atoms with van der Waals surface area (Å²) in [6, 6.07) is 21.5. The van der Waals surface area contributed by atoms with Gasteiger partial charge in [0.25, 0.3) is 5.91 Å². The summed E-state index contributed by atoms with van der Waals surface area (Å²) in [5.74, 6) is -0.141. The lowest BCUT2D eigenvalue weighted by Crippen LogP contribution is -2.22. The van der Waals surface area contributed by atoms with Gasteiger partial charge in [-0.15, -0.1) is 0 Å². The lowest BCUT2D eigenvalue weighted by molar-refractivity contribution is 0.0951. The van der Waals surface area contributed by atoms with Crippen LogP contribution < -0.4 is 10.6 Å². The number of hydrogen-bond acceptors (Lipinski definition) is 5. The molecule has 7 heteroatoms. The number of nitrogens with one attached hydrogen (secondary N) is 2. The highest BCUT2D eigenvalue weighted by atomic mass is 16.1. The molecule has 0 aliphatic carbocycles. The number of hydrogen-bond donors (Lipinski definition) is 2. The third-order valence-corrected chi connectivity index (χ3v) is 5.36. The van der Waals surface area contributed by atoms with Crippen LogP contribution in [0.3, 0.4) is 0 Å². The van der Waals surface area contributed by atoms with E-state index in [9.17, 15) is 4.79 Å². The number of rotatable bonds is 7. The Balaban J connectivity index is 1.32. The third-order valence-electron chi connectivity index (χ3n) is 5.36. The summed E-state index contributed by atoms with van der Waals surface area (Å²) in [4.78, 5) is 25.2. The van der Waals surface area contributed by atoms with Gasteiger partial charge in [-0.1, -0.05) is 12.1 Å². The number of imidazole rings is 1. The van der Waals surface area contributed by atoms with Gasteiger partial charge in [0, 0.05) is 54.8 Å². The quantitative estimate of drug-likeness (QED) is 0.398. The van der Waals surface area contributed by atoms with Crippen molar-refractivity contribution < 1.29 is 4.79 Å². The van der Waals surface area contributed by atoms with E-state index in [1.165, 1.54) is 0 Å². The molecular formula is C26H22N6O. The normalized spacial score (nSPS) is 10.8. The number of fused-ring (bicyclic) bond motifs is 1. The predicted molar refractivity (Wildman–Crippen MR) is 128 cm³/mol. The smallest absolute Gasteiger partial charge is 0.251 e. The van der Waals surface area contributed by atoms with Crippen molar-refractivity contribution in [2.24, 2.45) is 0 Å². The van der Waals surface area contributed by atoms with E-state index >= 15 is 0 Å². The van der Waals surface area contributed by atoms with Gasteiger partial charge in [0.15, 0.2) is 0 Å². The number of aromatic nitrogens is 4. The predicted octanol–water partition coefficient (Wildman–Crippen LogP) is 4.36. The van der Waals surface area contributed by atoms with Crippen molar-refractivity contribution >= 4 is 22.6 Å². The number of carbonyl (C=O) groups excluding carboxylic acids is 1. The second-order valence-electron chi connectivity index (χ2n) is 7.62. The highest BCUT2D eigenvalue weighted by molar-refractivity contribution is 5.97. The van der Waals surface area contributed by atoms with Crippen molar-refractivity contribution in [3.05, 3.63) is 115 Å². The maximum absolute atomic E-state index is 12.6. The van der Waals surface area contributed by atoms with Crippen molar-refractivity contribution in [1.29, 1.82) is 0 Å². The van der Waals surface area contributed by atoms with Gasteiger partial charge in [-0.25, -0.2) is 4.98 Å². The van der Waals surface area contributed by atoms with Gasteiger partial charge in [-0.2, -0.15) is 0 Å². The number of anilines is 1. The number of benzene rings is 2. The Labute approximate surface area is 191 Å². The third kappa shape index (κ3) is 4.72. The second-order valence-corrected chi connectivity index (χ2v) is 7.62. The fraction of sp³-hybridized carbons (Fsp3) is 0.0769. The minimum Gasteiger partial charge on any atom is -0.381 e. The first kappa shape index (κ1) is 20.4. The van der Waals surface area contributed by atoms with Crippen molar-refractivity contribution in [3.8, 4) is 5.69 Å². The van der Waals surface area contributed by atoms with E-state index in [4.69, 9.17) is 0 Å². The lowest BCUT2D eigenvalue weighted by Gasteiger charge is -2.10. The van der Waals surface area contributed by atoms with Gasteiger partial charge in [0.1, 0.15) is 6.33 Å². The van der Waals surface area contributed by atoms with Crippen LogP contribution in [0.5, 0.6) is 0 Å². The first-order chi connectivity index (χ1) is 16.3. The van der Waals surface area contributed by atoms with Crippen LogP contribution in [0, 0.1) is 0 Å². The number of carbonyl (C=O) groups is 1. The fourth-order valence-electron chi connectivity index (χ4n) is 3.62. The van der Waals surface area contributed by atoms with Crippen LogP contribution >= 0.6 is 0 Å². The molecule has 7 nitrogen and oxygen atoms in total. The molecule has 5 rings (SSSR count). The summed E-state index contributed by atoms with van der Waals surface area (Å²) < 4.78 is 2.02. The lowest BCUT2D eigenvalue weighted by atomic mass is 10.1. The van der Waals surface area contributed by atoms with Crippen LogP contribution in [0.25, 0.3) is 16.7 Å². The standard InChI is InChI=1S/C26H22N6O/c33-26(30-17-20-3-2-10-28-15-20)21-6-7-25-24(13-21)31-18-32(25)23-5-1-4-22(14-23)29-16-19-8-11-27-12-9-19/h1-15,18,29H,16-17H2,(H,30,33). The molecule has 0 radical (unpaired) electrons. The van der Waals surface area contributed by atoms with Crippen LogP contribution in [0.15, 0.2) is 97.8 Å². The van der Waals surface area contributed by atoms with Crippen LogP contribution in [0.4, 0.5) is 5.69 Å². The Morgan fingerprint density at radius 2 is 1.76 bits per heavy atom. The number of amides is 1. The minimum absolute atomic E-state index is 0.141. The molecule has 1 amide bonds. The molecular weight excluding hydrogens is 412 g/mol. The SMILES string of the molecule is O=C(NCc1cccnc1)c1ccc2c(c1)ncn2-c1cccc(NCc2ccncc2)c1. The van der Waals surface area contributed by atoms with E-state index in [0.717, 1.165) is 33.5 Å². The van der Waals surface area contributed by atoms with Crippen molar-refractivity contribution in [1.82, 2.24) is 24.8 Å². The van der Waals surface area contributed by atoms with Gasteiger partial charge >= 0.3 is 0 Å². The van der Waals surface area contributed by atoms with Crippen molar-refractivity contribution in [2.75, 3.05) is 5.32 Å². The Hall–Kier alpha value is -4.52. The molecule has 0 saturated heterocycles. The maximum Gasteiger partial charge on any atom is 0.251 e. The van der Waals surface area contributed by atoms with Gasteiger partial charge in [-0.3, -0.25) is 19.3 Å². The molecule has 33 heavy (non-hydrogen) atoms. The Morgan fingerprint density at radius 3 is 2.61 bits per heavy atom. The second kappa shape index (κ2) is 9.32. The van der Waals surface area contributed by atoms with E-state index < -0.39 is 0 Å². The van der Waals surface area contributed by atoms with Crippen LogP contribution in [0.2, 0.25) is 0 Å². The maximum atomic E-state index is 12.6. The molecule has 0 fully saturated rings. The zero-order valence-electron chi connectivity index (χ0n) is 17.8. The van der Waals surface area contributed by atoms with Crippen molar-refractivity contribution in [3.63, 3.8) is 0 Å². The van der Waals surface area contributed by atoms with Gasteiger partial charge in [0.2, 0.25) is 0 Å². The highest BCUT2D eigenvalue weighted by Crippen LogP contribution is 2.22. The summed E-state index contributed by atoms with van der Waals surface area (Å²) >= 11 is 0. The molecule has 0 aliphatic rings. The summed E-state index contributed by atoms with van der Waals surface area (Å²) in [6.45, 7) is 1.15. The van der Waals surface area contributed by atoms with Gasteiger partial charge in [-0.05, 0) is 65.7 Å². The van der Waals surface area contributed by atoms with E-state index in [0.29, 0.717) is 18.7 Å². The minimum atomic E-state index is -0.141. The highest BCUT2D eigenvalue weighted by Gasteiger charge is 2.10. The Morgan fingerprint density at radius 1 is 0.848 bits per heavy atom. The van der Waals surface area contributed by atoms with E-state index in [-0.39, 0.29) is 5.91 Å². The first-order valence-corrected chi connectivity index (χ1v) is 10.6. The zero-order chi connectivity index (χ0) is 22.5. The van der Waals surface area contributed by atoms with E-state index in [2.05, 4.69) is 31.7 Å². The largest absolute Gasteiger partial charge is 0.381 e. The summed E-state index contributed by atoms with van der Waals surface area (Å²) in [7, 11) is 0. The topological polar surface area (TPSA) is 84.7 Å². The molecule has 0 unspecified atom stereocenters. The number of pyridine rings is 2. The fourth-order valence-corrected chi connectivity index (χ4v) is 3.62. The molecule has 3 aromatic heterocycles. The average Bonchev–Trinajstić information content (AvgIpc) is 3.31. The summed E-state index contributed by atoms with van der Waals surface area (Å²) in [5.41, 5.74) is 6.39. The molecule has 2 N–H and O–H groups in total. The van der Waals surface area contributed by atoms with E-state index in [1.54, 1.807) is 31.1 Å². The van der Waals surface area contributed by atoms with Gasteiger partial charge < -0.3 is 10.6 Å². The Bertz CT molecular complexity index is 1380. The monoisotopic (exact) mass is 434 g/mol. The molecule has 2 aromatic carbocycles. The summed E-state index contributed by atoms with van der Waals surface area (Å²) in [5, 5.41) is 6.37. The van der Waals surface area contributed by atoms with E-state index in [1.807, 2.05) is 65.2 Å².